The first-order valence-electron chi connectivity index (χ1n) is 10.9. The first-order chi connectivity index (χ1) is 14.8. The van der Waals surface area contributed by atoms with E-state index < -0.39 is 0 Å². The van der Waals surface area contributed by atoms with Crippen LogP contribution in [0.2, 0.25) is 0 Å². The van der Waals surface area contributed by atoms with E-state index >= 15 is 0 Å². The summed E-state index contributed by atoms with van der Waals surface area (Å²) in [6, 6.07) is 20.9. The molecule has 30 heavy (non-hydrogen) atoms. The Balaban J connectivity index is 1.65. The fourth-order valence-corrected chi connectivity index (χ4v) is 4.18. The molecule has 1 unspecified atom stereocenters. The van der Waals surface area contributed by atoms with Crippen molar-refractivity contribution in [2.45, 2.75) is 19.4 Å². The lowest BCUT2D eigenvalue weighted by Crippen LogP contribution is -2.46. The lowest BCUT2D eigenvalue weighted by Gasteiger charge is -2.35. The van der Waals surface area contributed by atoms with Crippen molar-refractivity contribution in [3.63, 3.8) is 0 Å². The van der Waals surface area contributed by atoms with Gasteiger partial charge in [-0.05, 0) is 23.6 Å². The van der Waals surface area contributed by atoms with Gasteiger partial charge in [0.05, 0.1) is 19.3 Å². The number of aromatic nitrogens is 1. The highest BCUT2D eigenvalue weighted by Gasteiger charge is 2.21. The van der Waals surface area contributed by atoms with Crippen LogP contribution in [0.1, 0.15) is 24.3 Å². The van der Waals surface area contributed by atoms with Gasteiger partial charge in [0.1, 0.15) is 5.82 Å². The highest BCUT2D eigenvalue weighted by Crippen LogP contribution is 2.29. The van der Waals surface area contributed by atoms with Crippen LogP contribution in [0.15, 0.2) is 60.7 Å². The molecule has 1 N–H and O–H groups in total. The molecule has 5 heteroatoms. The minimum atomic E-state index is -0.128. The molecule has 2 aromatic carbocycles. The molecule has 1 fully saturated rings. The van der Waals surface area contributed by atoms with Crippen molar-refractivity contribution in [1.29, 1.82) is 0 Å². The summed E-state index contributed by atoms with van der Waals surface area (Å²) in [7, 11) is 0. The van der Waals surface area contributed by atoms with Crippen LogP contribution in [0.4, 0.5) is 5.82 Å². The Morgan fingerprint density at radius 3 is 2.47 bits per heavy atom. The van der Waals surface area contributed by atoms with Crippen molar-refractivity contribution in [1.82, 2.24) is 9.88 Å². The van der Waals surface area contributed by atoms with E-state index in [1.165, 1.54) is 10.8 Å². The molecule has 1 aliphatic rings. The second-order valence-electron chi connectivity index (χ2n) is 7.78. The molecule has 0 amide bonds. The maximum Gasteiger partial charge on any atom is 0.136 e. The van der Waals surface area contributed by atoms with Crippen LogP contribution in [0.3, 0.4) is 0 Å². The average molecular weight is 406 g/mol. The van der Waals surface area contributed by atoms with Gasteiger partial charge in [-0.25, -0.2) is 4.98 Å². The van der Waals surface area contributed by atoms with E-state index in [-0.39, 0.29) is 12.7 Å². The van der Waals surface area contributed by atoms with Gasteiger partial charge < -0.3 is 19.6 Å². The molecule has 1 aliphatic heterocycles. The van der Waals surface area contributed by atoms with Gasteiger partial charge in [-0.1, -0.05) is 61.5 Å². The number of likely N-dealkylation sites (N-methyl/N-ethyl adjacent to an activating group) is 1. The summed E-state index contributed by atoms with van der Waals surface area (Å²) in [5.74, 6) is 1.08. The minimum Gasteiger partial charge on any atom is -0.394 e. The van der Waals surface area contributed by atoms with Gasteiger partial charge >= 0.3 is 0 Å². The van der Waals surface area contributed by atoms with E-state index in [9.17, 15) is 5.11 Å². The van der Waals surface area contributed by atoms with Crippen LogP contribution in [0, 0.1) is 0 Å². The molecular weight excluding hydrogens is 374 g/mol. The molecular formula is C25H31N3O2. The number of ether oxygens (including phenoxy) is 1. The molecule has 1 aromatic heterocycles. The van der Waals surface area contributed by atoms with E-state index in [2.05, 4.69) is 59.2 Å². The molecule has 0 aliphatic carbocycles. The second-order valence-corrected chi connectivity index (χ2v) is 7.78. The summed E-state index contributed by atoms with van der Waals surface area (Å²) in [5, 5.41) is 11.7. The number of pyridine rings is 1. The molecule has 0 saturated carbocycles. The molecule has 2 heterocycles. The van der Waals surface area contributed by atoms with E-state index in [4.69, 9.17) is 9.72 Å². The average Bonchev–Trinajstić information content (AvgIpc) is 2.82. The summed E-state index contributed by atoms with van der Waals surface area (Å²) in [6.45, 7) is 7.80. The number of aliphatic hydroxyl groups is 1. The van der Waals surface area contributed by atoms with Crippen LogP contribution >= 0.6 is 0 Å². The smallest absolute Gasteiger partial charge is 0.136 e. The number of anilines is 1. The zero-order valence-electron chi connectivity index (χ0n) is 17.7. The van der Waals surface area contributed by atoms with Crippen LogP contribution in [-0.4, -0.2) is 60.9 Å². The Labute approximate surface area is 178 Å². The summed E-state index contributed by atoms with van der Waals surface area (Å²) in [6.07, 6.45) is 0.549. The second kappa shape index (κ2) is 10.0. The monoisotopic (exact) mass is 405 g/mol. The first kappa shape index (κ1) is 20.8. The Hall–Kier alpha value is -2.47. The van der Waals surface area contributed by atoms with Gasteiger partial charge in [0.15, 0.2) is 0 Å². The predicted molar refractivity (Wildman–Crippen MR) is 122 cm³/mol. The Morgan fingerprint density at radius 2 is 1.73 bits per heavy atom. The van der Waals surface area contributed by atoms with Gasteiger partial charge in [-0.3, -0.25) is 0 Å². The fourth-order valence-electron chi connectivity index (χ4n) is 4.18. The molecule has 158 valence electrons. The maximum atomic E-state index is 9.27. The molecule has 0 radical (unpaired) electrons. The van der Waals surface area contributed by atoms with Crippen LogP contribution in [0.25, 0.3) is 10.8 Å². The van der Waals surface area contributed by atoms with Crippen molar-refractivity contribution < 1.29 is 9.84 Å². The molecule has 0 bridgehead atoms. The summed E-state index contributed by atoms with van der Waals surface area (Å²) in [5.41, 5.74) is 2.13. The number of rotatable bonds is 8. The highest BCUT2D eigenvalue weighted by atomic mass is 16.5. The van der Waals surface area contributed by atoms with Crippen LogP contribution in [-0.2, 0) is 11.2 Å². The number of aliphatic hydroxyl groups excluding tert-OH is 1. The number of piperazine rings is 1. The normalized spacial score (nSPS) is 16.1. The van der Waals surface area contributed by atoms with Crippen LogP contribution in [0.5, 0.6) is 0 Å². The van der Waals surface area contributed by atoms with Gasteiger partial charge in [0.2, 0.25) is 0 Å². The quantitative estimate of drug-likeness (QED) is 0.620. The summed E-state index contributed by atoms with van der Waals surface area (Å²) < 4.78 is 6.00. The molecule has 1 saturated heterocycles. The van der Waals surface area contributed by atoms with Gasteiger partial charge in [-0.2, -0.15) is 0 Å². The zero-order valence-corrected chi connectivity index (χ0v) is 17.7. The summed E-state index contributed by atoms with van der Waals surface area (Å²) >= 11 is 0. The van der Waals surface area contributed by atoms with Crippen molar-refractivity contribution >= 4 is 16.6 Å². The molecule has 4 rings (SSSR count). The predicted octanol–water partition coefficient (Wildman–Crippen LogP) is 3.67. The number of hydrogen-bond donors (Lipinski definition) is 1. The Kier molecular flexibility index (Phi) is 6.95. The van der Waals surface area contributed by atoms with Crippen molar-refractivity contribution in [3.05, 3.63) is 71.9 Å². The van der Waals surface area contributed by atoms with Gasteiger partial charge in [0, 0.05) is 43.7 Å². The number of benzene rings is 2. The molecule has 5 nitrogen and oxygen atoms in total. The molecule has 0 spiro atoms. The van der Waals surface area contributed by atoms with Crippen molar-refractivity contribution in [3.8, 4) is 0 Å². The molecule has 1 atom stereocenters. The lowest BCUT2D eigenvalue weighted by molar-refractivity contribution is 0.0275. The fraction of sp³-hybridized carbons (Fsp3) is 0.400. The third-order valence-electron chi connectivity index (χ3n) is 5.87. The first-order valence-corrected chi connectivity index (χ1v) is 10.9. The van der Waals surface area contributed by atoms with Crippen molar-refractivity contribution in [2.75, 3.05) is 50.8 Å². The lowest BCUT2D eigenvalue weighted by atomic mass is 10.0. The zero-order chi connectivity index (χ0) is 20.8. The van der Waals surface area contributed by atoms with E-state index in [0.29, 0.717) is 13.0 Å². The van der Waals surface area contributed by atoms with E-state index in [1.54, 1.807) is 0 Å². The number of nitrogens with zero attached hydrogens (tertiary/aromatic N) is 3. The van der Waals surface area contributed by atoms with Crippen molar-refractivity contribution in [2.24, 2.45) is 0 Å². The molecule has 3 aromatic rings. The summed E-state index contributed by atoms with van der Waals surface area (Å²) in [4.78, 5) is 10.0. The standard InChI is InChI=1S/C25H31N3O2/c1-2-27-12-14-28(15-13-27)25-23-11-7-6-10-21(23)18-22(26-25)19-24(30-17-16-29)20-8-4-3-5-9-20/h3-11,18,24,29H,2,12-17,19H2,1H3. The third-order valence-corrected chi connectivity index (χ3v) is 5.87. The van der Waals surface area contributed by atoms with Gasteiger partial charge in [-0.15, -0.1) is 0 Å². The SMILES string of the molecule is CCN1CCN(c2nc(CC(OCCO)c3ccccc3)cc3ccccc23)CC1. The Morgan fingerprint density at radius 1 is 1.00 bits per heavy atom. The Bertz CT molecular complexity index is 940. The number of hydrogen-bond acceptors (Lipinski definition) is 5. The highest BCUT2D eigenvalue weighted by molar-refractivity contribution is 5.92. The maximum absolute atomic E-state index is 9.27. The van der Waals surface area contributed by atoms with E-state index in [1.807, 2.05) is 18.2 Å². The van der Waals surface area contributed by atoms with Crippen LogP contribution < -0.4 is 4.90 Å². The minimum absolute atomic E-state index is 0.0153. The largest absolute Gasteiger partial charge is 0.394 e. The van der Waals surface area contributed by atoms with E-state index in [0.717, 1.165) is 49.8 Å². The van der Waals surface area contributed by atoms with Gasteiger partial charge in [0.25, 0.3) is 0 Å². The number of fused-ring (bicyclic) bond motifs is 1. The third kappa shape index (κ3) is 4.81. The topological polar surface area (TPSA) is 48.8 Å².